The first-order chi connectivity index (χ1) is 10.1. The van der Waals surface area contributed by atoms with Gasteiger partial charge in [-0.25, -0.2) is 0 Å². The van der Waals surface area contributed by atoms with Gasteiger partial charge in [0.2, 0.25) is 0 Å². The number of rotatable bonds is 0. The largest absolute Gasteiger partial charge is 0.486 e. The van der Waals surface area contributed by atoms with E-state index in [4.69, 9.17) is 4.74 Å². The zero-order valence-electron chi connectivity index (χ0n) is 12.9. The third kappa shape index (κ3) is 2.20. The molecule has 1 aliphatic heterocycles. The number of hydrogen-bond acceptors (Lipinski definition) is 2. The molecule has 2 saturated carbocycles. The van der Waals surface area contributed by atoms with E-state index in [0.717, 1.165) is 29.7 Å². The first-order valence-electron chi connectivity index (χ1n) is 8.43. The number of carbonyl (C=O) groups excluding carboxylic acids is 1. The van der Waals surface area contributed by atoms with Crippen molar-refractivity contribution in [2.45, 2.75) is 70.3 Å². The van der Waals surface area contributed by atoms with Gasteiger partial charge < -0.3 is 4.74 Å². The predicted molar refractivity (Wildman–Crippen MR) is 82.9 cm³/mol. The third-order valence-corrected chi connectivity index (χ3v) is 6.13. The van der Waals surface area contributed by atoms with E-state index in [9.17, 15) is 4.79 Å². The molecule has 0 atom stereocenters. The zero-order valence-corrected chi connectivity index (χ0v) is 12.9. The molecule has 0 unspecified atom stereocenters. The lowest BCUT2D eigenvalue weighted by atomic mass is 9.66. The Bertz CT molecular complexity index is 571. The van der Waals surface area contributed by atoms with Gasteiger partial charge in [0.25, 0.3) is 0 Å². The second-order valence-corrected chi connectivity index (χ2v) is 7.59. The van der Waals surface area contributed by atoms with E-state index in [1.807, 2.05) is 25.1 Å². The molecule has 1 aromatic rings. The molecule has 21 heavy (non-hydrogen) atoms. The molecule has 0 aromatic heterocycles. The van der Waals surface area contributed by atoms with Gasteiger partial charge in [-0.3, -0.25) is 4.79 Å². The van der Waals surface area contributed by atoms with Crippen LogP contribution in [0.15, 0.2) is 18.2 Å². The second-order valence-electron chi connectivity index (χ2n) is 7.59. The van der Waals surface area contributed by atoms with Gasteiger partial charge in [-0.1, -0.05) is 24.5 Å². The van der Waals surface area contributed by atoms with Crippen molar-refractivity contribution in [3.63, 3.8) is 0 Å². The summed E-state index contributed by atoms with van der Waals surface area (Å²) in [6.07, 6.45) is 10.8. The Labute approximate surface area is 126 Å². The van der Waals surface area contributed by atoms with Gasteiger partial charge in [-0.2, -0.15) is 0 Å². The van der Waals surface area contributed by atoms with Gasteiger partial charge in [0.05, 0.1) is 12.0 Å². The van der Waals surface area contributed by atoms with Crippen LogP contribution in [0.25, 0.3) is 0 Å². The highest BCUT2D eigenvalue weighted by Gasteiger charge is 2.48. The predicted octanol–water partition coefficient (Wildman–Crippen LogP) is 4.83. The number of carbonyl (C=O) groups is 1. The van der Waals surface area contributed by atoms with Crippen molar-refractivity contribution in [1.29, 1.82) is 0 Å². The van der Waals surface area contributed by atoms with E-state index in [2.05, 4.69) is 0 Å². The molecule has 0 radical (unpaired) electrons. The van der Waals surface area contributed by atoms with Crippen LogP contribution in [0.4, 0.5) is 0 Å². The average Bonchev–Trinajstić information content (AvgIpc) is 2.93. The highest BCUT2D eigenvalue weighted by Crippen LogP contribution is 2.54. The van der Waals surface area contributed by atoms with Crippen LogP contribution in [-0.4, -0.2) is 11.4 Å². The maximum Gasteiger partial charge on any atom is 0.170 e. The van der Waals surface area contributed by atoms with Gasteiger partial charge in [0.15, 0.2) is 5.78 Å². The molecule has 1 heterocycles. The van der Waals surface area contributed by atoms with E-state index in [0.29, 0.717) is 11.8 Å². The van der Waals surface area contributed by atoms with Gasteiger partial charge in [0.1, 0.15) is 11.4 Å². The molecule has 2 nitrogen and oxygen atoms in total. The van der Waals surface area contributed by atoms with Crippen molar-refractivity contribution in [2.24, 2.45) is 5.41 Å². The second kappa shape index (κ2) is 4.59. The van der Waals surface area contributed by atoms with Crippen molar-refractivity contribution < 1.29 is 9.53 Å². The Hall–Kier alpha value is -1.31. The van der Waals surface area contributed by atoms with E-state index in [-0.39, 0.29) is 11.4 Å². The molecule has 2 heteroatoms. The van der Waals surface area contributed by atoms with Gasteiger partial charge in [-0.15, -0.1) is 0 Å². The summed E-state index contributed by atoms with van der Waals surface area (Å²) in [4.78, 5) is 12.5. The van der Waals surface area contributed by atoms with E-state index in [1.54, 1.807) is 0 Å². The molecular formula is C19H24O2. The van der Waals surface area contributed by atoms with Crippen LogP contribution in [0.3, 0.4) is 0 Å². The highest BCUT2D eigenvalue weighted by molar-refractivity contribution is 6.00. The summed E-state index contributed by atoms with van der Waals surface area (Å²) in [5.41, 5.74) is 2.32. The highest BCUT2D eigenvalue weighted by atomic mass is 16.5. The summed E-state index contributed by atoms with van der Waals surface area (Å²) < 4.78 is 6.37. The summed E-state index contributed by atoms with van der Waals surface area (Å²) in [5.74, 6) is 1.10. The fourth-order valence-corrected chi connectivity index (χ4v) is 4.75. The SMILES string of the molecule is Cc1ccc2c(c1)C(=O)CC1(CCC3(CCCC3)CC1)O2. The van der Waals surface area contributed by atoms with Crippen LogP contribution in [0.2, 0.25) is 0 Å². The zero-order chi connectivity index (χ0) is 14.5. The Kier molecular flexibility index (Phi) is 2.92. The molecule has 0 amide bonds. The molecular weight excluding hydrogens is 260 g/mol. The number of ether oxygens (including phenoxy) is 1. The molecule has 4 rings (SSSR count). The molecule has 2 aliphatic carbocycles. The van der Waals surface area contributed by atoms with Gasteiger partial charge >= 0.3 is 0 Å². The average molecular weight is 284 g/mol. The van der Waals surface area contributed by atoms with Crippen LogP contribution in [-0.2, 0) is 0 Å². The van der Waals surface area contributed by atoms with Crippen LogP contribution in [0.1, 0.15) is 73.7 Å². The van der Waals surface area contributed by atoms with Crippen molar-refractivity contribution >= 4 is 5.78 Å². The molecule has 2 fully saturated rings. The molecule has 1 aromatic carbocycles. The molecule has 0 saturated heterocycles. The third-order valence-electron chi connectivity index (χ3n) is 6.13. The first kappa shape index (κ1) is 13.4. The summed E-state index contributed by atoms with van der Waals surface area (Å²) in [5, 5.41) is 0. The smallest absolute Gasteiger partial charge is 0.170 e. The number of benzene rings is 1. The summed E-state index contributed by atoms with van der Waals surface area (Å²) >= 11 is 0. The molecule has 2 spiro atoms. The first-order valence-corrected chi connectivity index (χ1v) is 8.43. The Morgan fingerprint density at radius 2 is 1.71 bits per heavy atom. The van der Waals surface area contributed by atoms with Crippen molar-refractivity contribution in [2.75, 3.05) is 0 Å². The fourth-order valence-electron chi connectivity index (χ4n) is 4.75. The van der Waals surface area contributed by atoms with Crippen molar-refractivity contribution in [1.82, 2.24) is 0 Å². The maximum atomic E-state index is 12.5. The number of ketones is 1. The Balaban J connectivity index is 1.58. The lowest BCUT2D eigenvalue weighted by Gasteiger charge is -2.46. The summed E-state index contributed by atoms with van der Waals surface area (Å²) in [6, 6.07) is 6.02. The topological polar surface area (TPSA) is 26.3 Å². The number of hydrogen-bond donors (Lipinski definition) is 0. The van der Waals surface area contributed by atoms with Crippen LogP contribution >= 0.6 is 0 Å². The normalized spacial score (nSPS) is 25.9. The number of fused-ring (bicyclic) bond motifs is 1. The maximum absolute atomic E-state index is 12.5. The van der Waals surface area contributed by atoms with Gasteiger partial charge in [-0.05, 0) is 63.0 Å². The van der Waals surface area contributed by atoms with Crippen LogP contribution < -0.4 is 4.74 Å². The Morgan fingerprint density at radius 3 is 2.43 bits per heavy atom. The van der Waals surface area contributed by atoms with E-state index < -0.39 is 0 Å². The van der Waals surface area contributed by atoms with Crippen molar-refractivity contribution in [3.8, 4) is 5.75 Å². The quantitative estimate of drug-likeness (QED) is 0.682. The lowest BCUT2D eigenvalue weighted by molar-refractivity contribution is -0.0199. The monoisotopic (exact) mass is 284 g/mol. The minimum atomic E-state index is -0.201. The fraction of sp³-hybridized carbons (Fsp3) is 0.632. The Morgan fingerprint density at radius 1 is 1.00 bits per heavy atom. The number of Topliss-reactive ketones (excluding diaryl/α,β-unsaturated/α-hetero) is 1. The summed E-state index contributed by atoms with van der Waals surface area (Å²) in [7, 11) is 0. The minimum absolute atomic E-state index is 0.201. The van der Waals surface area contributed by atoms with E-state index >= 15 is 0 Å². The molecule has 112 valence electrons. The number of aryl methyl sites for hydroxylation is 1. The van der Waals surface area contributed by atoms with Crippen LogP contribution in [0, 0.1) is 12.3 Å². The summed E-state index contributed by atoms with van der Waals surface area (Å²) in [6.45, 7) is 2.03. The van der Waals surface area contributed by atoms with Crippen molar-refractivity contribution in [3.05, 3.63) is 29.3 Å². The van der Waals surface area contributed by atoms with Crippen LogP contribution in [0.5, 0.6) is 5.75 Å². The minimum Gasteiger partial charge on any atom is -0.486 e. The van der Waals surface area contributed by atoms with E-state index in [1.165, 1.54) is 38.5 Å². The molecule has 3 aliphatic rings. The lowest BCUT2D eigenvalue weighted by Crippen LogP contribution is -2.46. The molecule has 0 bridgehead atoms. The standard InChI is InChI=1S/C19H24O2/c1-14-4-5-17-15(12-14)16(20)13-19(21-17)10-8-18(9-11-19)6-2-3-7-18/h4-5,12H,2-3,6-11,13H2,1H3. The molecule has 0 N–H and O–H groups in total. The van der Waals surface area contributed by atoms with Gasteiger partial charge in [0, 0.05) is 0 Å².